The summed E-state index contributed by atoms with van der Waals surface area (Å²) in [6, 6.07) is 8.18. The zero-order valence-electron chi connectivity index (χ0n) is 11.4. The number of phenols is 1. The second-order valence-electron chi connectivity index (χ2n) is 5.38. The van der Waals surface area contributed by atoms with Crippen molar-refractivity contribution in [3.05, 3.63) is 29.8 Å². The van der Waals surface area contributed by atoms with Gasteiger partial charge in [0.05, 0.1) is 0 Å². The maximum Gasteiger partial charge on any atom is 0.115 e. The van der Waals surface area contributed by atoms with Gasteiger partial charge in [-0.1, -0.05) is 12.1 Å². The van der Waals surface area contributed by atoms with Gasteiger partial charge in [0.1, 0.15) is 5.75 Å². The number of phenolic OH excluding ortho intramolecular Hbond substituents is 1. The minimum atomic E-state index is 0.365. The van der Waals surface area contributed by atoms with Gasteiger partial charge in [-0.2, -0.15) is 0 Å². The van der Waals surface area contributed by atoms with Gasteiger partial charge in [0.25, 0.3) is 0 Å². The summed E-state index contributed by atoms with van der Waals surface area (Å²) in [4.78, 5) is 2.50. The first kappa shape index (κ1) is 13.4. The number of benzene rings is 1. The van der Waals surface area contributed by atoms with E-state index < -0.39 is 0 Å². The lowest BCUT2D eigenvalue weighted by Crippen LogP contribution is -2.43. The topological polar surface area (TPSA) is 35.5 Å². The maximum absolute atomic E-state index is 9.49. The van der Waals surface area contributed by atoms with Crippen LogP contribution in [0, 0.1) is 5.92 Å². The van der Waals surface area contributed by atoms with Crippen molar-refractivity contribution in [2.24, 2.45) is 5.92 Å². The van der Waals surface area contributed by atoms with Crippen LogP contribution in [0.15, 0.2) is 24.3 Å². The number of likely N-dealkylation sites (tertiary alicyclic amines) is 1. The van der Waals surface area contributed by atoms with Gasteiger partial charge < -0.3 is 10.4 Å². The number of rotatable bonds is 4. The van der Waals surface area contributed by atoms with E-state index in [0.717, 1.165) is 19.0 Å². The van der Waals surface area contributed by atoms with Crippen molar-refractivity contribution in [3.8, 4) is 5.75 Å². The minimum Gasteiger partial charge on any atom is -0.508 e. The third kappa shape index (κ3) is 3.47. The molecule has 0 aromatic heterocycles. The van der Waals surface area contributed by atoms with Crippen LogP contribution < -0.4 is 5.32 Å². The molecule has 2 rings (SSSR count). The normalized spacial score (nSPS) is 22.9. The predicted molar refractivity (Wildman–Crippen MR) is 74.6 cm³/mol. The molecule has 1 fully saturated rings. The SMILES string of the molecule is CNC(C)C1CCCN(Cc2cccc(O)c2)C1. The summed E-state index contributed by atoms with van der Waals surface area (Å²) in [5.74, 6) is 1.10. The van der Waals surface area contributed by atoms with Crippen LogP contribution in [0.5, 0.6) is 5.75 Å². The van der Waals surface area contributed by atoms with Crippen molar-refractivity contribution in [1.82, 2.24) is 10.2 Å². The van der Waals surface area contributed by atoms with Crippen molar-refractivity contribution in [2.75, 3.05) is 20.1 Å². The summed E-state index contributed by atoms with van der Waals surface area (Å²) in [5, 5.41) is 12.9. The zero-order valence-corrected chi connectivity index (χ0v) is 11.4. The highest BCUT2D eigenvalue weighted by Gasteiger charge is 2.23. The van der Waals surface area contributed by atoms with Gasteiger partial charge in [-0.25, -0.2) is 0 Å². The molecule has 1 heterocycles. The van der Waals surface area contributed by atoms with Gasteiger partial charge in [0, 0.05) is 19.1 Å². The monoisotopic (exact) mass is 248 g/mol. The van der Waals surface area contributed by atoms with E-state index in [9.17, 15) is 5.11 Å². The molecule has 2 atom stereocenters. The number of nitrogens with zero attached hydrogens (tertiary/aromatic N) is 1. The maximum atomic E-state index is 9.49. The van der Waals surface area contributed by atoms with E-state index in [1.165, 1.54) is 24.9 Å². The van der Waals surface area contributed by atoms with Crippen molar-refractivity contribution < 1.29 is 5.11 Å². The fourth-order valence-corrected chi connectivity index (χ4v) is 2.79. The lowest BCUT2D eigenvalue weighted by Gasteiger charge is -2.35. The Labute approximate surface area is 110 Å². The molecule has 0 aliphatic carbocycles. The molecule has 1 aliphatic rings. The van der Waals surface area contributed by atoms with Gasteiger partial charge in [-0.05, 0) is 57.0 Å². The van der Waals surface area contributed by atoms with Crippen molar-refractivity contribution in [1.29, 1.82) is 0 Å². The predicted octanol–water partition coefficient (Wildman–Crippen LogP) is 2.21. The first-order valence-electron chi connectivity index (χ1n) is 6.86. The molecule has 3 heteroatoms. The number of piperidine rings is 1. The molecule has 0 amide bonds. The van der Waals surface area contributed by atoms with E-state index >= 15 is 0 Å². The van der Waals surface area contributed by atoms with Crippen LogP contribution in [0.2, 0.25) is 0 Å². The van der Waals surface area contributed by atoms with E-state index in [4.69, 9.17) is 0 Å². The van der Waals surface area contributed by atoms with Gasteiger partial charge >= 0.3 is 0 Å². The van der Waals surface area contributed by atoms with Gasteiger partial charge in [0.15, 0.2) is 0 Å². The zero-order chi connectivity index (χ0) is 13.0. The summed E-state index contributed by atoms with van der Waals surface area (Å²) < 4.78 is 0. The van der Waals surface area contributed by atoms with Crippen molar-refractivity contribution in [2.45, 2.75) is 32.4 Å². The van der Waals surface area contributed by atoms with Crippen LogP contribution in [0.3, 0.4) is 0 Å². The highest BCUT2D eigenvalue weighted by Crippen LogP contribution is 2.22. The lowest BCUT2D eigenvalue weighted by molar-refractivity contribution is 0.147. The van der Waals surface area contributed by atoms with E-state index in [-0.39, 0.29) is 0 Å². The standard InChI is InChI=1S/C15H24N2O/c1-12(16-2)14-6-4-8-17(11-14)10-13-5-3-7-15(18)9-13/h3,5,7,9,12,14,16,18H,4,6,8,10-11H2,1-2H3. The second-order valence-corrected chi connectivity index (χ2v) is 5.38. The first-order valence-corrected chi connectivity index (χ1v) is 6.86. The molecule has 3 nitrogen and oxygen atoms in total. The fourth-order valence-electron chi connectivity index (χ4n) is 2.79. The number of hydrogen-bond acceptors (Lipinski definition) is 3. The Morgan fingerprint density at radius 2 is 2.33 bits per heavy atom. The molecule has 0 bridgehead atoms. The summed E-state index contributed by atoms with van der Waals surface area (Å²) in [7, 11) is 2.04. The Morgan fingerprint density at radius 3 is 3.06 bits per heavy atom. The van der Waals surface area contributed by atoms with Crippen LogP contribution in [-0.4, -0.2) is 36.2 Å². The average Bonchev–Trinajstić information content (AvgIpc) is 2.38. The number of nitrogens with one attached hydrogen (secondary N) is 1. The molecule has 1 aromatic carbocycles. The summed E-state index contributed by atoms with van der Waals surface area (Å²) in [5.41, 5.74) is 1.20. The lowest BCUT2D eigenvalue weighted by atomic mass is 9.91. The summed E-state index contributed by atoms with van der Waals surface area (Å²) in [6.45, 7) is 5.53. The van der Waals surface area contributed by atoms with Crippen molar-refractivity contribution in [3.63, 3.8) is 0 Å². The fraction of sp³-hybridized carbons (Fsp3) is 0.600. The van der Waals surface area contributed by atoms with E-state index in [1.54, 1.807) is 6.07 Å². The van der Waals surface area contributed by atoms with E-state index in [0.29, 0.717) is 11.8 Å². The number of hydrogen-bond donors (Lipinski definition) is 2. The Bertz CT molecular complexity index is 381. The molecular weight excluding hydrogens is 224 g/mol. The van der Waals surface area contributed by atoms with Crippen LogP contribution >= 0.6 is 0 Å². The molecule has 100 valence electrons. The molecule has 2 N–H and O–H groups in total. The third-order valence-electron chi connectivity index (χ3n) is 4.02. The van der Waals surface area contributed by atoms with E-state index in [1.807, 2.05) is 19.2 Å². The first-order chi connectivity index (χ1) is 8.69. The van der Waals surface area contributed by atoms with Crippen LogP contribution in [-0.2, 0) is 6.54 Å². The number of aromatic hydroxyl groups is 1. The molecule has 1 saturated heterocycles. The Balaban J connectivity index is 1.93. The van der Waals surface area contributed by atoms with E-state index in [2.05, 4.69) is 23.2 Å². The van der Waals surface area contributed by atoms with Crippen molar-refractivity contribution >= 4 is 0 Å². The molecule has 1 aliphatic heterocycles. The summed E-state index contributed by atoms with van der Waals surface area (Å²) in [6.07, 6.45) is 2.59. The average molecular weight is 248 g/mol. The summed E-state index contributed by atoms with van der Waals surface area (Å²) >= 11 is 0. The quantitative estimate of drug-likeness (QED) is 0.857. The molecule has 1 aromatic rings. The molecule has 0 saturated carbocycles. The van der Waals surface area contributed by atoms with Gasteiger partial charge in [-0.15, -0.1) is 0 Å². The largest absolute Gasteiger partial charge is 0.508 e. The Morgan fingerprint density at radius 1 is 1.50 bits per heavy atom. The Hall–Kier alpha value is -1.06. The van der Waals surface area contributed by atoms with Crippen LogP contribution in [0.4, 0.5) is 0 Å². The molecule has 2 unspecified atom stereocenters. The Kier molecular flexibility index (Phi) is 4.61. The van der Waals surface area contributed by atoms with Gasteiger partial charge in [0.2, 0.25) is 0 Å². The molecule has 0 radical (unpaired) electrons. The van der Waals surface area contributed by atoms with Crippen LogP contribution in [0.1, 0.15) is 25.3 Å². The highest BCUT2D eigenvalue weighted by atomic mass is 16.3. The molecular formula is C15H24N2O. The molecule has 0 spiro atoms. The molecule has 18 heavy (non-hydrogen) atoms. The van der Waals surface area contributed by atoms with Gasteiger partial charge in [-0.3, -0.25) is 4.90 Å². The second kappa shape index (κ2) is 6.21. The highest BCUT2D eigenvalue weighted by molar-refractivity contribution is 5.27. The third-order valence-corrected chi connectivity index (χ3v) is 4.02. The minimum absolute atomic E-state index is 0.365. The van der Waals surface area contributed by atoms with Crippen LogP contribution in [0.25, 0.3) is 0 Å². The smallest absolute Gasteiger partial charge is 0.115 e.